The Kier molecular flexibility index (Phi) is 9.07. The Balaban J connectivity index is 1.41. The molecule has 3 aromatic carbocycles. The first-order valence-electron chi connectivity index (χ1n) is 14.0. The molecule has 2 aromatic heterocycles. The van der Waals surface area contributed by atoms with Gasteiger partial charge < -0.3 is 14.8 Å². The number of rotatable bonds is 9. The van der Waals surface area contributed by atoms with Crippen LogP contribution in [0.25, 0.3) is 33.5 Å². The van der Waals surface area contributed by atoms with E-state index in [0.29, 0.717) is 28.0 Å². The van der Waals surface area contributed by atoms with Gasteiger partial charge in [0.1, 0.15) is 15.9 Å². The summed E-state index contributed by atoms with van der Waals surface area (Å²) >= 11 is 0.946. The number of thiophene rings is 1. The van der Waals surface area contributed by atoms with E-state index in [2.05, 4.69) is 5.32 Å². The highest BCUT2D eigenvalue weighted by Gasteiger charge is 2.27. The van der Waals surface area contributed by atoms with Crippen LogP contribution in [0.1, 0.15) is 51.4 Å². The zero-order chi connectivity index (χ0) is 31.2. The van der Waals surface area contributed by atoms with Crippen LogP contribution in [0.3, 0.4) is 0 Å². The number of carbonyl (C=O) groups excluding carboxylic acids is 3. The van der Waals surface area contributed by atoms with Gasteiger partial charge in [0.2, 0.25) is 0 Å². The first kappa shape index (κ1) is 30.1. The Labute approximate surface area is 258 Å². The molecule has 0 aliphatic carbocycles. The highest BCUT2D eigenvalue weighted by Crippen LogP contribution is 2.34. The normalized spacial score (nSPS) is 11.4. The highest BCUT2D eigenvalue weighted by molar-refractivity contribution is 7.18. The van der Waals surface area contributed by atoms with Crippen LogP contribution in [-0.2, 0) is 14.3 Å². The number of esters is 2. The molecule has 5 rings (SSSR count). The van der Waals surface area contributed by atoms with E-state index in [-0.39, 0.29) is 34.0 Å². The molecule has 2 heterocycles. The number of anilines is 1. The molecule has 0 aliphatic heterocycles. The minimum Gasteiger partial charge on any atom is -0.462 e. The molecule has 9 nitrogen and oxygen atoms in total. The molecule has 0 spiro atoms. The molecule has 0 radical (unpaired) electrons. The molecule has 10 heteroatoms. The van der Waals surface area contributed by atoms with Crippen LogP contribution in [0.2, 0.25) is 0 Å². The largest absolute Gasteiger partial charge is 0.462 e. The number of ether oxygens (including phenoxy) is 2. The molecule has 44 heavy (non-hydrogen) atoms. The maximum Gasteiger partial charge on any atom is 0.348 e. The predicted molar refractivity (Wildman–Crippen MR) is 168 cm³/mol. The summed E-state index contributed by atoms with van der Waals surface area (Å²) in [5, 5.41) is 12.5. The van der Waals surface area contributed by atoms with E-state index in [1.165, 1.54) is 0 Å². The van der Waals surface area contributed by atoms with Crippen LogP contribution in [-0.4, -0.2) is 40.5 Å². The number of amides is 1. The van der Waals surface area contributed by atoms with E-state index in [1.807, 2.05) is 66.7 Å². The van der Waals surface area contributed by atoms with Crippen molar-refractivity contribution in [1.29, 1.82) is 5.26 Å². The van der Waals surface area contributed by atoms with E-state index in [1.54, 1.807) is 39.0 Å². The summed E-state index contributed by atoms with van der Waals surface area (Å²) in [6, 6.07) is 26.3. The van der Waals surface area contributed by atoms with Crippen LogP contribution >= 0.6 is 11.3 Å². The van der Waals surface area contributed by atoms with Crippen LogP contribution in [0.15, 0.2) is 78.9 Å². The van der Waals surface area contributed by atoms with Crippen molar-refractivity contribution in [2.45, 2.75) is 33.3 Å². The standard InChI is InChI=1S/C34H28N4O5S/c1-4-27(31(39)38-32-24(19-35)20(3)30(44-32)34(41)42-5-2)43-33(40)23-16-17-25-26(18-23)37-29(22-14-10-7-11-15-22)28(36-25)21-12-8-6-9-13-21/h6-18,27H,4-5H2,1-3H3,(H,38,39). The first-order chi connectivity index (χ1) is 21.3. The second kappa shape index (κ2) is 13.3. The molecule has 0 fully saturated rings. The number of nitrogens with one attached hydrogen (secondary N) is 1. The highest BCUT2D eigenvalue weighted by atomic mass is 32.1. The molecular weight excluding hydrogens is 576 g/mol. The summed E-state index contributed by atoms with van der Waals surface area (Å²) in [4.78, 5) is 48.7. The number of benzene rings is 3. The molecular formula is C34H28N4O5S. The quantitative estimate of drug-likeness (QED) is 0.179. The van der Waals surface area contributed by atoms with Crippen molar-refractivity contribution in [1.82, 2.24) is 9.97 Å². The van der Waals surface area contributed by atoms with Crippen LogP contribution < -0.4 is 5.32 Å². The van der Waals surface area contributed by atoms with Gasteiger partial charge >= 0.3 is 11.9 Å². The van der Waals surface area contributed by atoms with Crippen molar-refractivity contribution in [3.63, 3.8) is 0 Å². The number of fused-ring (bicyclic) bond motifs is 1. The number of aromatic nitrogens is 2. The Morgan fingerprint density at radius 1 is 0.886 bits per heavy atom. The summed E-state index contributed by atoms with van der Waals surface area (Å²) in [5.74, 6) is -1.90. The van der Waals surface area contributed by atoms with Crippen molar-refractivity contribution in [3.8, 4) is 28.6 Å². The lowest BCUT2D eigenvalue weighted by molar-refractivity contribution is -0.124. The number of hydrogen-bond acceptors (Lipinski definition) is 9. The number of nitriles is 1. The topological polar surface area (TPSA) is 131 Å². The summed E-state index contributed by atoms with van der Waals surface area (Å²) in [6.07, 6.45) is -0.967. The monoisotopic (exact) mass is 604 g/mol. The zero-order valence-corrected chi connectivity index (χ0v) is 25.1. The average Bonchev–Trinajstić information content (AvgIpc) is 3.37. The molecule has 0 saturated heterocycles. The van der Waals surface area contributed by atoms with E-state index in [9.17, 15) is 19.6 Å². The van der Waals surface area contributed by atoms with Gasteiger partial charge in [-0.15, -0.1) is 11.3 Å². The van der Waals surface area contributed by atoms with E-state index < -0.39 is 23.9 Å². The third-order valence-corrected chi connectivity index (χ3v) is 8.05. The van der Waals surface area contributed by atoms with Gasteiger partial charge in [-0.3, -0.25) is 4.79 Å². The number of carbonyl (C=O) groups is 3. The van der Waals surface area contributed by atoms with Gasteiger partial charge in [-0.2, -0.15) is 5.26 Å². The molecule has 1 N–H and O–H groups in total. The molecule has 1 unspecified atom stereocenters. The first-order valence-corrected chi connectivity index (χ1v) is 14.8. The number of nitrogens with zero attached hydrogens (tertiary/aromatic N) is 3. The maximum absolute atomic E-state index is 13.2. The number of hydrogen-bond donors (Lipinski definition) is 1. The van der Waals surface area contributed by atoms with E-state index >= 15 is 0 Å². The Bertz CT molecular complexity index is 1900. The van der Waals surface area contributed by atoms with Gasteiger partial charge in [0, 0.05) is 11.1 Å². The van der Waals surface area contributed by atoms with Gasteiger partial charge in [0.15, 0.2) is 6.10 Å². The molecule has 1 atom stereocenters. The Hall–Kier alpha value is -5.40. The predicted octanol–water partition coefficient (Wildman–Crippen LogP) is 6.96. The molecule has 0 bridgehead atoms. The third kappa shape index (κ3) is 6.19. The van der Waals surface area contributed by atoms with Crippen molar-refractivity contribution in [3.05, 3.63) is 100 Å². The lowest BCUT2D eigenvalue weighted by Crippen LogP contribution is -2.32. The lowest BCUT2D eigenvalue weighted by Gasteiger charge is -2.16. The Morgan fingerprint density at radius 2 is 1.50 bits per heavy atom. The minimum absolute atomic E-state index is 0.157. The summed E-state index contributed by atoms with van der Waals surface area (Å²) < 4.78 is 10.7. The second-order valence-electron chi connectivity index (χ2n) is 9.74. The fourth-order valence-corrected chi connectivity index (χ4v) is 5.67. The van der Waals surface area contributed by atoms with Gasteiger partial charge in [-0.1, -0.05) is 67.6 Å². The summed E-state index contributed by atoms with van der Waals surface area (Å²) in [7, 11) is 0. The summed E-state index contributed by atoms with van der Waals surface area (Å²) in [5.41, 5.74) is 5.05. The van der Waals surface area contributed by atoms with Crippen molar-refractivity contribution >= 4 is 45.2 Å². The third-order valence-electron chi connectivity index (χ3n) is 6.86. The lowest BCUT2D eigenvalue weighted by atomic mass is 10.0. The SMILES string of the molecule is CCOC(=O)c1sc(NC(=O)C(CC)OC(=O)c2ccc3nc(-c4ccccc4)c(-c4ccccc4)nc3c2)c(C#N)c1C. The smallest absolute Gasteiger partial charge is 0.348 e. The fourth-order valence-electron chi connectivity index (χ4n) is 4.62. The van der Waals surface area contributed by atoms with Crippen LogP contribution in [0.5, 0.6) is 0 Å². The van der Waals surface area contributed by atoms with Gasteiger partial charge in [-0.05, 0) is 44.0 Å². The Morgan fingerprint density at radius 3 is 2.07 bits per heavy atom. The van der Waals surface area contributed by atoms with Crippen LogP contribution in [0, 0.1) is 18.3 Å². The molecule has 5 aromatic rings. The van der Waals surface area contributed by atoms with Gasteiger partial charge in [-0.25, -0.2) is 19.6 Å². The fraction of sp³-hybridized carbons (Fsp3) is 0.176. The van der Waals surface area contributed by atoms with Crippen LogP contribution in [0.4, 0.5) is 5.00 Å². The minimum atomic E-state index is -1.15. The molecule has 220 valence electrons. The van der Waals surface area contributed by atoms with Crippen molar-refractivity contribution in [2.24, 2.45) is 0 Å². The molecule has 0 aliphatic rings. The molecule has 0 saturated carbocycles. The van der Waals surface area contributed by atoms with Crippen molar-refractivity contribution < 1.29 is 23.9 Å². The zero-order valence-electron chi connectivity index (χ0n) is 24.3. The average molecular weight is 605 g/mol. The van der Waals surface area contributed by atoms with Gasteiger partial charge in [0.25, 0.3) is 5.91 Å². The molecule has 1 amide bonds. The van der Waals surface area contributed by atoms with E-state index in [0.717, 1.165) is 22.5 Å². The van der Waals surface area contributed by atoms with E-state index in [4.69, 9.17) is 19.4 Å². The second-order valence-corrected chi connectivity index (χ2v) is 10.8. The van der Waals surface area contributed by atoms with Crippen molar-refractivity contribution in [2.75, 3.05) is 11.9 Å². The summed E-state index contributed by atoms with van der Waals surface area (Å²) in [6.45, 7) is 5.18. The van der Waals surface area contributed by atoms with Gasteiger partial charge in [0.05, 0.1) is 40.2 Å². The maximum atomic E-state index is 13.2.